The number of anilines is 1. The molecule has 2 aromatic carbocycles. The van der Waals surface area contributed by atoms with E-state index in [9.17, 15) is 17.6 Å². The Morgan fingerprint density at radius 2 is 1.92 bits per heavy atom. The fourth-order valence-electron chi connectivity index (χ4n) is 2.94. The van der Waals surface area contributed by atoms with E-state index >= 15 is 0 Å². The minimum atomic E-state index is -3.65. The van der Waals surface area contributed by atoms with Gasteiger partial charge in [-0.1, -0.05) is 22.0 Å². The molecule has 1 aliphatic rings. The van der Waals surface area contributed by atoms with Gasteiger partial charge in [0.15, 0.2) is 0 Å². The van der Waals surface area contributed by atoms with Gasteiger partial charge < -0.3 is 5.32 Å². The van der Waals surface area contributed by atoms with E-state index < -0.39 is 21.8 Å². The molecule has 1 fully saturated rings. The van der Waals surface area contributed by atoms with E-state index in [0.717, 1.165) is 4.47 Å². The van der Waals surface area contributed by atoms with Crippen LogP contribution in [0.3, 0.4) is 0 Å². The Kier molecular flexibility index (Phi) is 5.74. The monoisotopic (exact) mass is 440 g/mol. The van der Waals surface area contributed by atoms with Crippen LogP contribution in [0.1, 0.15) is 12.8 Å². The maximum absolute atomic E-state index is 13.3. The van der Waals surface area contributed by atoms with E-state index in [1.165, 1.54) is 34.6 Å². The maximum atomic E-state index is 13.3. The number of piperidine rings is 1. The third kappa shape index (κ3) is 4.31. The van der Waals surface area contributed by atoms with Crippen LogP contribution in [0.5, 0.6) is 0 Å². The number of rotatable bonds is 4. The first-order valence-electron chi connectivity index (χ1n) is 8.18. The molecule has 138 valence electrons. The highest BCUT2D eigenvalue weighted by atomic mass is 79.9. The van der Waals surface area contributed by atoms with Crippen LogP contribution in [0, 0.1) is 11.7 Å². The molecule has 5 nitrogen and oxygen atoms in total. The molecule has 1 saturated heterocycles. The van der Waals surface area contributed by atoms with Crippen LogP contribution in [0.4, 0.5) is 10.1 Å². The maximum Gasteiger partial charge on any atom is 0.243 e. The number of sulfonamides is 1. The van der Waals surface area contributed by atoms with Crippen LogP contribution in [0.25, 0.3) is 0 Å². The first-order valence-corrected chi connectivity index (χ1v) is 10.4. The van der Waals surface area contributed by atoms with E-state index in [1.54, 1.807) is 18.2 Å². The van der Waals surface area contributed by atoms with Crippen molar-refractivity contribution < 1.29 is 17.6 Å². The molecule has 1 amide bonds. The Morgan fingerprint density at radius 3 is 2.62 bits per heavy atom. The third-order valence-electron chi connectivity index (χ3n) is 4.30. The molecule has 1 unspecified atom stereocenters. The lowest BCUT2D eigenvalue weighted by Crippen LogP contribution is -2.43. The van der Waals surface area contributed by atoms with Gasteiger partial charge in [0.2, 0.25) is 15.9 Å². The number of benzene rings is 2. The topological polar surface area (TPSA) is 66.5 Å². The fourth-order valence-corrected chi connectivity index (χ4v) is 4.73. The minimum Gasteiger partial charge on any atom is -0.326 e. The third-order valence-corrected chi connectivity index (χ3v) is 6.71. The second kappa shape index (κ2) is 7.85. The van der Waals surface area contributed by atoms with Crippen molar-refractivity contribution in [2.45, 2.75) is 17.7 Å². The zero-order chi connectivity index (χ0) is 18.7. The molecule has 1 aliphatic heterocycles. The van der Waals surface area contributed by atoms with Gasteiger partial charge in [0.25, 0.3) is 0 Å². The molecule has 0 bridgehead atoms. The van der Waals surface area contributed by atoms with Gasteiger partial charge in [-0.25, -0.2) is 12.8 Å². The highest BCUT2D eigenvalue weighted by Gasteiger charge is 2.33. The molecule has 0 radical (unpaired) electrons. The van der Waals surface area contributed by atoms with Crippen molar-refractivity contribution in [3.8, 4) is 0 Å². The van der Waals surface area contributed by atoms with Gasteiger partial charge in [-0.15, -0.1) is 0 Å². The molecule has 2 aromatic rings. The van der Waals surface area contributed by atoms with E-state index in [2.05, 4.69) is 21.2 Å². The molecule has 1 N–H and O–H groups in total. The smallest absolute Gasteiger partial charge is 0.243 e. The van der Waals surface area contributed by atoms with Crippen molar-refractivity contribution in [3.05, 3.63) is 58.8 Å². The quantitative estimate of drug-likeness (QED) is 0.788. The molecular formula is C18H18BrFN2O3S. The molecule has 0 spiro atoms. The van der Waals surface area contributed by atoms with Gasteiger partial charge >= 0.3 is 0 Å². The van der Waals surface area contributed by atoms with Gasteiger partial charge in [0.05, 0.1) is 10.8 Å². The Bertz CT molecular complexity index is 903. The lowest BCUT2D eigenvalue weighted by molar-refractivity contribution is -0.120. The van der Waals surface area contributed by atoms with Crippen LogP contribution in [0.15, 0.2) is 57.9 Å². The van der Waals surface area contributed by atoms with Crippen LogP contribution in [-0.4, -0.2) is 31.7 Å². The summed E-state index contributed by atoms with van der Waals surface area (Å²) in [5, 5.41) is 2.67. The zero-order valence-corrected chi connectivity index (χ0v) is 16.3. The van der Waals surface area contributed by atoms with Crippen molar-refractivity contribution in [2.24, 2.45) is 5.92 Å². The lowest BCUT2D eigenvalue weighted by Gasteiger charge is -2.31. The Hall–Kier alpha value is -1.77. The largest absolute Gasteiger partial charge is 0.326 e. The normalized spacial score (nSPS) is 18.5. The zero-order valence-electron chi connectivity index (χ0n) is 13.9. The van der Waals surface area contributed by atoms with Crippen molar-refractivity contribution in [3.63, 3.8) is 0 Å². The Morgan fingerprint density at radius 1 is 1.19 bits per heavy atom. The minimum absolute atomic E-state index is 0.111. The number of hydrogen-bond donors (Lipinski definition) is 1. The van der Waals surface area contributed by atoms with E-state index in [4.69, 9.17) is 0 Å². The number of hydrogen-bond acceptors (Lipinski definition) is 3. The highest BCUT2D eigenvalue weighted by Crippen LogP contribution is 2.25. The molecule has 1 atom stereocenters. The lowest BCUT2D eigenvalue weighted by atomic mass is 9.99. The first kappa shape index (κ1) is 19.0. The summed E-state index contributed by atoms with van der Waals surface area (Å²) in [6.07, 6.45) is 1.19. The number of halogens is 2. The molecule has 0 saturated carbocycles. The number of carbonyl (C=O) groups excluding carboxylic acids is 1. The summed E-state index contributed by atoms with van der Waals surface area (Å²) >= 11 is 3.29. The summed E-state index contributed by atoms with van der Waals surface area (Å²) < 4.78 is 41.0. The number of nitrogens with one attached hydrogen (secondary N) is 1. The summed E-state index contributed by atoms with van der Waals surface area (Å²) in [6, 6.07) is 12.1. The second-order valence-corrected chi connectivity index (χ2v) is 9.01. The van der Waals surface area contributed by atoms with Crippen LogP contribution < -0.4 is 5.32 Å². The highest BCUT2D eigenvalue weighted by molar-refractivity contribution is 9.10. The van der Waals surface area contributed by atoms with E-state index in [-0.39, 0.29) is 17.3 Å². The predicted molar refractivity (Wildman–Crippen MR) is 101 cm³/mol. The van der Waals surface area contributed by atoms with Crippen LogP contribution in [0.2, 0.25) is 0 Å². The van der Waals surface area contributed by atoms with Crippen LogP contribution in [-0.2, 0) is 14.8 Å². The number of amides is 1. The summed E-state index contributed by atoms with van der Waals surface area (Å²) in [5.41, 5.74) is 0.364. The second-order valence-electron chi connectivity index (χ2n) is 6.16. The summed E-state index contributed by atoms with van der Waals surface area (Å²) in [6.45, 7) is 0.488. The summed E-state index contributed by atoms with van der Waals surface area (Å²) in [7, 11) is -3.65. The van der Waals surface area contributed by atoms with Gasteiger partial charge in [0, 0.05) is 23.2 Å². The average Bonchev–Trinajstić information content (AvgIpc) is 2.62. The summed E-state index contributed by atoms with van der Waals surface area (Å²) in [4.78, 5) is 12.7. The van der Waals surface area contributed by atoms with Crippen LogP contribution >= 0.6 is 15.9 Å². The number of nitrogens with zero attached hydrogens (tertiary/aromatic N) is 1. The Labute approximate surface area is 160 Å². The van der Waals surface area contributed by atoms with E-state index in [0.29, 0.717) is 25.1 Å². The first-order chi connectivity index (χ1) is 12.4. The molecule has 0 aliphatic carbocycles. The van der Waals surface area contributed by atoms with Crippen molar-refractivity contribution in [1.29, 1.82) is 0 Å². The van der Waals surface area contributed by atoms with Gasteiger partial charge in [-0.2, -0.15) is 4.31 Å². The van der Waals surface area contributed by atoms with Gasteiger partial charge in [-0.3, -0.25) is 4.79 Å². The molecule has 8 heteroatoms. The molecule has 1 heterocycles. The standard InChI is InChI=1S/C18H18BrFN2O3S/c19-14-6-8-17(9-7-14)26(24,25)22-10-2-3-13(12-22)18(23)21-16-5-1-4-15(20)11-16/h1,4-9,11,13H,2-3,10,12H2,(H,21,23). The average molecular weight is 441 g/mol. The number of carbonyl (C=O) groups is 1. The van der Waals surface area contributed by atoms with Crippen molar-refractivity contribution >= 4 is 37.5 Å². The predicted octanol–water partition coefficient (Wildman–Crippen LogP) is 3.63. The molecule has 26 heavy (non-hydrogen) atoms. The SMILES string of the molecule is O=C(Nc1cccc(F)c1)C1CCCN(S(=O)(=O)c2ccc(Br)cc2)C1. The van der Waals surface area contributed by atoms with Gasteiger partial charge in [-0.05, 0) is 55.3 Å². The van der Waals surface area contributed by atoms with Crippen molar-refractivity contribution in [1.82, 2.24) is 4.31 Å². The fraction of sp³-hybridized carbons (Fsp3) is 0.278. The molecule has 3 rings (SSSR count). The van der Waals surface area contributed by atoms with Gasteiger partial charge in [0.1, 0.15) is 5.82 Å². The Balaban J connectivity index is 1.72. The molecular weight excluding hydrogens is 423 g/mol. The van der Waals surface area contributed by atoms with E-state index in [1.807, 2.05) is 0 Å². The summed E-state index contributed by atoms with van der Waals surface area (Å²) in [5.74, 6) is -1.21. The van der Waals surface area contributed by atoms with Crippen molar-refractivity contribution in [2.75, 3.05) is 18.4 Å². The molecule has 0 aromatic heterocycles.